The van der Waals surface area contributed by atoms with E-state index in [1.54, 1.807) is 19.1 Å². The third kappa shape index (κ3) is 5.47. The summed E-state index contributed by atoms with van der Waals surface area (Å²) in [6.45, 7) is 2.60. The summed E-state index contributed by atoms with van der Waals surface area (Å²) in [4.78, 5) is 37.5. The molecule has 0 N–H and O–H groups in total. The molecular formula is C13H15NO7. The van der Waals surface area contributed by atoms with Crippen LogP contribution in [0.2, 0.25) is 0 Å². The lowest BCUT2D eigenvalue weighted by Crippen LogP contribution is -2.24. The fourth-order valence-corrected chi connectivity index (χ4v) is 1.47. The summed E-state index contributed by atoms with van der Waals surface area (Å²) in [5, 5.41) is 9.31. The van der Waals surface area contributed by atoms with Crippen LogP contribution in [0.5, 0.6) is 5.75 Å². The van der Waals surface area contributed by atoms with Crippen LogP contribution in [-0.2, 0) is 14.4 Å². The Balaban J connectivity index is 2.71. The molecule has 8 heteroatoms. The SMILES string of the molecule is CCC(COC(=O)c1ccccc1OC(C)=O)O[N+](=O)[O-]. The normalized spacial score (nSPS) is 11.3. The maximum absolute atomic E-state index is 11.9. The molecular weight excluding hydrogens is 282 g/mol. The van der Waals surface area contributed by atoms with Gasteiger partial charge in [-0.05, 0) is 18.6 Å². The summed E-state index contributed by atoms with van der Waals surface area (Å²) in [6, 6.07) is 6.05. The first-order valence-corrected chi connectivity index (χ1v) is 6.19. The van der Waals surface area contributed by atoms with Gasteiger partial charge in [-0.1, -0.05) is 19.1 Å². The second kappa shape index (κ2) is 7.83. The molecule has 0 saturated heterocycles. The molecule has 21 heavy (non-hydrogen) atoms. The van der Waals surface area contributed by atoms with Crippen LogP contribution in [0.15, 0.2) is 24.3 Å². The third-order valence-corrected chi connectivity index (χ3v) is 2.45. The minimum absolute atomic E-state index is 0.0589. The molecule has 1 aromatic carbocycles. The van der Waals surface area contributed by atoms with Crippen molar-refractivity contribution in [1.29, 1.82) is 0 Å². The first-order valence-electron chi connectivity index (χ1n) is 6.19. The van der Waals surface area contributed by atoms with Crippen LogP contribution in [0.3, 0.4) is 0 Å². The molecule has 114 valence electrons. The molecule has 0 saturated carbocycles. The van der Waals surface area contributed by atoms with Crippen molar-refractivity contribution in [3.63, 3.8) is 0 Å². The molecule has 0 radical (unpaired) electrons. The first kappa shape index (κ1) is 16.4. The van der Waals surface area contributed by atoms with E-state index in [2.05, 4.69) is 4.84 Å². The molecule has 8 nitrogen and oxygen atoms in total. The van der Waals surface area contributed by atoms with Crippen molar-refractivity contribution < 1.29 is 29.0 Å². The van der Waals surface area contributed by atoms with Gasteiger partial charge in [0, 0.05) is 6.92 Å². The maximum Gasteiger partial charge on any atom is 0.342 e. The Morgan fingerprint density at radius 3 is 2.57 bits per heavy atom. The van der Waals surface area contributed by atoms with E-state index >= 15 is 0 Å². The maximum atomic E-state index is 11.9. The van der Waals surface area contributed by atoms with Gasteiger partial charge in [0.25, 0.3) is 5.09 Å². The molecule has 0 spiro atoms. The van der Waals surface area contributed by atoms with Crippen molar-refractivity contribution in [1.82, 2.24) is 0 Å². The summed E-state index contributed by atoms with van der Waals surface area (Å²) in [6.07, 6.45) is -0.537. The van der Waals surface area contributed by atoms with Gasteiger partial charge in [0.15, 0.2) is 0 Å². The number of esters is 2. The van der Waals surface area contributed by atoms with Gasteiger partial charge in [-0.3, -0.25) is 4.79 Å². The number of carbonyl (C=O) groups excluding carboxylic acids is 2. The number of nitrogens with zero attached hydrogens (tertiary/aromatic N) is 1. The predicted molar refractivity (Wildman–Crippen MR) is 70.2 cm³/mol. The zero-order valence-corrected chi connectivity index (χ0v) is 11.6. The number of hydrogen-bond donors (Lipinski definition) is 0. The summed E-state index contributed by atoms with van der Waals surface area (Å²) in [5.41, 5.74) is 0.0589. The van der Waals surface area contributed by atoms with Crippen LogP contribution >= 0.6 is 0 Å². The molecule has 0 aromatic heterocycles. The van der Waals surface area contributed by atoms with Crippen LogP contribution in [0.25, 0.3) is 0 Å². The highest BCUT2D eigenvalue weighted by atomic mass is 17.0. The zero-order chi connectivity index (χ0) is 15.8. The summed E-state index contributed by atoms with van der Waals surface area (Å²) in [5.74, 6) is -1.26. The van der Waals surface area contributed by atoms with E-state index < -0.39 is 23.1 Å². The smallest absolute Gasteiger partial charge is 0.342 e. The van der Waals surface area contributed by atoms with Crippen molar-refractivity contribution >= 4 is 11.9 Å². The van der Waals surface area contributed by atoms with Crippen molar-refractivity contribution in [2.24, 2.45) is 0 Å². The number of rotatable bonds is 7. The average molecular weight is 297 g/mol. The molecule has 1 unspecified atom stereocenters. The summed E-state index contributed by atoms with van der Waals surface area (Å²) in [7, 11) is 0. The van der Waals surface area contributed by atoms with Gasteiger partial charge in [0.1, 0.15) is 24.0 Å². The van der Waals surface area contributed by atoms with Crippen LogP contribution < -0.4 is 4.74 Å². The number of para-hydroxylation sites is 1. The number of carbonyl (C=O) groups is 2. The van der Waals surface area contributed by atoms with E-state index in [0.29, 0.717) is 6.42 Å². The predicted octanol–water partition coefficient (Wildman–Crippen LogP) is 1.76. The average Bonchev–Trinajstić information content (AvgIpc) is 2.42. The fraction of sp³-hybridized carbons (Fsp3) is 0.385. The Morgan fingerprint density at radius 2 is 2.00 bits per heavy atom. The molecule has 0 amide bonds. The Morgan fingerprint density at radius 1 is 1.33 bits per heavy atom. The molecule has 0 aliphatic carbocycles. The second-order valence-electron chi connectivity index (χ2n) is 4.05. The van der Waals surface area contributed by atoms with Crippen molar-refractivity contribution in [2.45, 2.75) is 26.4 Å². The van der Waals surface area contributed by atoms with Gasteiger partial charge in [0.2, 0.25) is 0 Å². The Hall–Kier alpha value is -2.64. The van der Waals surface area contributed by atoms with E-state index in [4.69, 9.17) is 9.47 Å². The lowest BCUT2D eigenvalue weighted by atomic mass is 10.2. The Labute approximate surface area is 120 Å². The van der Waals surface area contributed by atoms with Crippen molar-refractivity contribution in [3.05, 3.63) is 39.9 Å². The van der Waals surface area contributed by atoms with E-state index in [1.165, 1.54) is 19.1 Å². The number of benzene rings is 1. The largest absolute Gasteiger partial charge is 0.460 e. The van der Waals surface area contributed by atoms with Crippen LogP contribution in [-0.4, -0.2) is 29.7 Å². The molecule has 0 heterocycles. The topological polar surface area (TPSA) is 105 Å². The van der Waals surface area contributed by atoms with E-state index in [-0.39, 0.29) is 17.9 Å². The zero-order valence-electron chi connectivity index (χ0n) is 11.6. The van der Waals surface area contributed by atoms with E-state index in [1.807, 2.05) is 0 Å². The fourth-order valence-electron chi connectivity index (χ4n) is 1.47. The highest BCUT2D eigenvalue weighted by Gasteiger charge is 2.18. The lowest BCUT2D eigenvalue weighted by Gasteiger charge is -2.13. The van der Waals surface area contributed by atoms with Gasteiger partial charge in [-0.25, -0.2) is 4.79 Å². The van der Waals surface area contributed by atoms with Crippen LogP contribution in [0.1, 0.15) is 30.6 Å². The minimum Gasteiger partial charge on any atom is -0.460 e. The van der Waals surface area contributed by atoms with Gasteiger partial charge < -0.3 is 14.3 Å². The molecule has 1 aromatic rings. The molecule has 0 aliphatic rings. The molecule has 1 atom stereocenters. The van der Waals surface area contributed by atoms with Crippen LogP contribution in [0.4, 0.5) is 0 Å². The highest BCUT2D eigenvalue weighted by molar-refractivity contribution is 5.93. The molecule has 0 aliphatic heterocycles. The molecule has 1 rings (SSSR count). The Bertz CT molecular complexity index is 529. The van der Waals surface area contributed by atoms with Gasteiger partial charge in [0.05, 0.1) is 0 Å². The first-order chi connectivity index (χ1) is 9.93. The summed E-state index contributed by atoms with van der Waals surface area (Å²) < 4.78 is 9.83. The Kier molecular flexibility index (Phi) is 6.12. The van der Waals surface area contributed by atoms with Crippen molar-refractivity contribution in [2.75, 3.05) is 6.61 Å². The van der Waals surface area contributed by atoms with Crippen LogP contribution in [0, 0.1) is 10.1 Å². The quantitative estimate of drug-likeness (QED) is 0.327. The monoisotopic (exact) mass is 297 g/mol. The lowest BCUT2D eigenvalue weighted by molar-refractivity contribution is -0.769. The standard InChI is InChI=1S/C13H15NO7/c1-3-10(21-14(17)18)8-19-13(16)11-6-4-5-7-12(11)20-9(2)15/h4-7,10H,3,8H2,1-2H3. The number of ether oxygens (including phenoxy) is 2. The molecule has 0 bridgehead atoms. The number of hydrogen-bond acceptors (Lipinski definition) is 7. The van der Waals surface area contributed by atoms with Crippen molar-refractivity contribution in [3.8, 4) is 5.75 Å². The van der Waals surface area contributed by atoms with Gasteiger partial charge in [-0.15, -0.1) is 10.1 Å². The second-order valence-corrected chi connectivity index (χ2v) is 4.05. The van der Waals surface area contributed by atoms with Gasteiger partial charge in [-0.2, -0.15) is 0 Å². The van der Waals surface area contributed by atoms with E-state index in [0.717, 1.165) is 0 Å². The highest BCUT2D eigenvalue weighted by Crippen LogP contribution is 2.19. The summed E-state index contributed by atoms with van der Waals surface area (Å²) >= 11 is 0. The van der Waals surface area contributed by atoms with E-state index in [9.17, 15) is 19.7 Å². The molecule has 0 fully saturated rings. The third-order valence-electron chi connectivity index (χ3n) is 2.45. The minimum atomic E-state index is -0.936. The van der Waals surface area contributed by atoms with Gasteiger partial charge >= 0.3 is 11.9 Å².